The summed E-state index contributed by atoms with van der Waals surface area (Å²) in [7, 11) is 0. The van der Waals surface area contributed by atoms with Gasteiger partial charge in [0.2, 0.25) is 0 Å². The van der Waals surface area contributed by atoms with Gasteiger partial charge in [0.05, 0.1) is 5.92 Å². The third kappa shape index (κ3) is 1.25. The largest absolute Gasteiger partial charge is 0.481 e. The van der Waals surface area contributed by atoms with Gasteiger partial charge in [0, 0.05) is 12.1 Å². The van der Waals surface area contributed by atoms with E-state index in [0.717, 1.165) is 25.7 Å². The van der Waals surface area contributed by atoms with Crippen molar-refractivity contribution in [2.45, 2.75) is 31.7 Å². The second-order valence-electron chi connectivity index (χ2n) is 3.46. The van der Waals surface area contributed by atoms with Gasteiger partial charge in [-0.2, -0.15) is 0 Å². The lowest BCUT2D eigenvalue weighted by Crippen LogP contribution is -2.36. The maximum absolute atomic E-state index is 10.6. The quantitative estimate of drug-likeness (QED) is 0.586. The number of carboxylic acid groups (broad SMARTS) is 1. The highest BCUT2D eigenvalue weighted by Crippen LogP contribution is 2.35. The predicted molar refractivity (Wildman–Crippen MR) is 39.8 cm³/mol. The molecule has 0 aromatic rings. The van der Waals surface area contributed by atoms with Gasteiger partial charge in [-0.1, -0.05) is 0 Å². The van der Waals surface area contributed by atoms with Crippen molar-refractivity contribution in [1.82, 2.24) is 5.32 Å². The first-order valence-corrected chi connectivity index (χ1v) is 4.10. The van der Waals surface area contributed by atoms with E-state index in [2.05, 4.69) is 5.32 Å². The highest BCUT2D eigenvalue weighted by Gasteiger charge is 2.36. The molecular weight excluding hydrogens is 142 g/mol. The van der Waals surface area contributed by atoms with Gasteiger partial charge in [0.15, 0.2) is 0 Å². The normalized spacial score (nSPS) is 37.5. The van der Waals surface area contributed by atoms with Crippen LogP contribution in [0.15, 0.2) is 0 Å². The van der Waals surface area contributed by atoms with E-state index in [1.54, 1.807) is 0 Å². The van der Waals surface area contributed by atoms with Gasteiger partial charge in [-0.3, -0.25) is 4.79 Å². The lowest BCUT2D eigenvalue weighted by atomic mass is 9.93. The molecule has 3 nitrogen and oxygen atoms in total. The number of carboxylic acids is 1. The first-order chi connectivity index (χ1) is 5.25. The Morgan fingerprint density at radius 3 is 3.09 bits per heavy atom. The van der Waals surface area contributed by atoms with E-state index < -0.39 is 5.97 Å². The van der Waals surface area contributed by atoms with E-state index in [9.17, 15) is 4.79 Å². The molecule has 2 bridgehead atoms. The Labute approximate surface area is 65.8 Å². The smallest absolute Gasteiger partial charge is 0.306 e. The molecule has 0 amide bonds. The van der Waals surface area contributed by atoms with Gasteiger partial charge in [0.25, 0.3) is 0 Å². The number of nitrogens with one attached hydrogen (secondary N) is 1. The van der Waals surface area contributed by atoms with Crippen LogP contribution < -0.4 is 5.32 Å². The van der Waals surface area contributed by atoms with Gasteiger partial charge in [0.1, 0.15) is 0 Å². The number of hydrogen-bond donors (Lipinski definition) is 2. The number of fused-ring (bicyclic) bond motifs is 2. The van der Waals surface area contributed by atoms with Crippen LogP contribution in [0, 0.1) is 12.0 Å². The van der Waals surface area contributed by atoms with Crippen LogP contribution in [-0.2, 0) is 4.79 Å². The minimum atomic E-state index is -0.629. The van der Waals surface area contributed by atoms with Crippen LogP contribution in [0.2, 0.25) is 0 Å². The molecule has 0 saturated carbocycles. The first kappa shape index (κ1) is 7.10. The fraction of sp³-hybridized carbons (Fsp3) is 0.750. The Hall–Kier alpha value is -0.570. The van der Waals surface area contributed by atoms with Crippen LogP contribution in [0.5, 0.6) is 0 Å². The van der Waals surface area contributed by atoms with E-state index >= 15 is 0 Å². The topological polar surface area (TPSA) is 49.3 Å². The molecule has 2 rings (SSSR count). The van der Waals surface area contributed by atoms with Crippen molar-refractivity contribution in [3.8, 4) is 0 Å². The standard InChI is InChI=1S/C8H12NO2/c10-8(11)5-3-6-1-2-7(4-5)9-6/h5-6,9H,1-4H2,(H,10,11). The van der Waals surface area contributed by atoms with Crippen molar-refractivity contribution in [3.63, 3.8) is 0 Å². The summed E-state index contributed by atoms with van der Waals surface area (Å²) in [5, 5.41) is 12.1. The van der Waals surface area contributed by atoms with Crippen molar-refractivity contribution < 1.29 is 9.90 Å². The molecule has 0 aromatic carbocycles. The molecule has 2 N–H and O–H groups in total. The lowest BCUT2D eigenvalue weighted by molar-refractivity contribution is -0.142. The van der Waals surface area contributed by atoms with E-state index in [1.807, 2.05) is 0 Å². The number of aliphatic carboxylic acids is 1. The summed E-state index contributed by atoms with van der Waals surface area (Å²) in [4.78, 5) is 10.6. The van der Waals surface area contributed by atoms with Crippen molar-refractivity contribution >= 4 is 5.97 Å². The molecular formula is C8H12NO2. The number of piperidine rings is 1. The van der Waals surface area contributed by atoms with E-state index in [0.29, 0.717) is 6.04 Å². The van der Waals surface area contributed by atoms with Crippen molar-refractivity contribution in [3.05, 3.63) is 6.04 Å². The average Bonchev–Trinajstić information content (AvgIpc) is 2.30. The molecule has 2 heterocycles. The molecule has 3 heteroatoms. The molecule has 1 radical (unpaired) electrons. The molecule has 2 fully saturated rings. The maximum atomic E-state index is 10.6. The van der Waals surface area contributed by atoms with Gasteiger partial charge in [-0.25, -0.2) is 0 Å². The van der Waals surface area contributed by atoms with E-state index in [1.165, 1.54) is 6.04 Å². The minimum Gasteiger partial charge on any atom is -0.481 e. The third-order valence-corrected chi connectivity index (χ3v) is 2.61. The summed E-state index contributed by atoms with van der Waals surface area (Å²) < 4.78 is 0. The molecule has 0 aliphatic carbocycles. The number of rotatable bonds is 1. The lowest BCUT2D eigenvalue weighted by Gasteiger charge is -2.25. The second kappa shape index (κ2) is 2.48. The van der Waals surface area contributed by atoms with E-state index in [-0.39, 0.29) is 5.92 Å². The molecule has 2 aliphatic rings. The van der Waals surface area contributed by atoms with Gasteiger partial charge < -0.3 is 10.4 Å². The van der Waals surface area contributed by atoms with Crippen LogP contribution in [-0.4, -0.2) is 17.1 Å². The fourth-order valence-electron chi connectivity index (χ4n) is 2.03. The monoisotopic (exact) mass is 154 g/mol. The zero-order chi connectivity index (χ0) is 7.84. The summed E-state index contributed by atoms with van der Waals surface area (Å²) >= 11 is 0. The molecule has 2 saturated heterocycles. The van der Waals surface area contributed by atoms with Crippen LogP contribution in [0.1, 0.15) is 25.7 Å². The molecule has 61 valence electrons. The molecule has 0 spiro atoms. The minimum absolute atomic E-state index is 0.112. The SMILES string of the molecule is O=C(O)C1C[C]2CCC(C1)N2. The third-order valence-electron chi connectivity index (χ3n) is 2.61. The summed E-state index contributed by atoms with van der Waals surface area (Å²) in [6.07, 6.45) is 3.80. The molecule has 2 atom stereocenters. The highest BCUT2D eigenvalue weighted by molar-refractivity contribution is 5.70. The summed E-state index contributed by atoms with van der Waals surface area (Å²) in [6.45, 7) is 0. The zero-order valence-corrected chi connectivity index (χ0v) is 6.34. The molecule has 2 unspecified atom stereocenters. The van der Waals surface area contributed by atoms with Crippen molar-refractivity contribution in [2.75, 3.05) is 0 Å². The number of hydrogen-bond acceptors (Lipinski definition) is 2. The average molecular weight is 154 g/mol. The molecule has 2 aliphatic heterocycles. The number of carbonyl (C=O) groups is 1. The van der Waals surface area contributed by atoms with Crippen LogP contribution >= 0.6 is 0 Å². The van der Waals surface area contributed by atoms with Gasteiger partial charge >= 0.3 is 5.97 Å². The van der Waals surface area contributed by atoms with Crippen molar-refractivity contribution in [2.24, 2.45) is 5.92 Å². The molecule has 11 heavy (non-hydrogen) atoms. The summed E-state index contributed by atoms with van der Waals surface area (Å²) in [5.41, 5.74) is 0. The maximum Gasteiger partial charge on any atom is 0.306 e. The Morgan fingerprint density at radius 2 is 2.45 bits per heavy atom. The fourth-order valence-corrected chi connectivity index (χ4v) is 2.03. The summed E-state index contributed by atoms with van der Waals surface area (Å²) in [6, 6.07) is 1.72. The van der Waals surface area contributed by atoms with Crippen LogP contribution in [0.25, 0.3) is 0 Å². The first-order valence-electron chi connectivity index (χ1n) is 4.10. The molecule has 0 aromatic heterocycles. The van der Waals surface area contributed by atoms with Crippen molar-refractivity contribution in [1.29, 1.82) is 0 Å². The van der Waals surface area contributed by atoms with Gasteiger partial charge in [-0.15, -0.1) is 0 Å². The summed E-state index contributed by atoms with van der Waals surface area (Å²) in [5.74, 6) is -0.741. The van der Waals surface area contributed by atoms with E-state index in [4.69, 9.17) is 5.11 Å². The van der Waals surface area contributed by atoms with Crippen LogP contribution in [0.3, 0.4) is 0 Å². The Kier molecular flexibility index (Phi) is 1.60. The predicted octanol–water partition coefficient (Wildman–Crippen LogP) is 0.765. The van der Waals surface area contributed by atoms with Crippen LogP contribution in [0.4, 0.5) is 0 Å². The van der Waals surface area contributed by atoms with Gasteiger partial charge in [-0.05, 0) is 25.7 Å². The highest BCUT2D eigenvalue weighted by atomic mass is 16.4. The Morgan fingerprint density at radius 1 is 1.64 bits per heavy atom. The second-order valence-corrected chi connectivity index (χ2v) is 3.46. The Bertz CT molecular complexity index is 169. The zero-order valence-electron chi connectivity index (χ0n) is 6.34. The Balaban J connectivity index is 2.02.